The van der Waals surface area contributed by atoms with Crippen LogP contribution < -0.4 is 0 Å². The van der Waals surface area contributed by atoms with E-state index in [2.05, 4.69) is 14.6 Å². The normalized spacial score (nSPS) is 10.7. The first-order chi connectivity index (χ1) is 8.75. The molecule has 18 heavy (non-hydrogen) atoms. The van der Waals surface area contributed by atoms with Crippen LogP contribution in [-0.2, 0) is 0 Å². The molecule has 0 aliphatic carbocycles. The summed E-state index contributed by atoms with van der Waals surface area (Å²) in [6.07, 6.45) is 1.60. The van der Waals surface area contributed by atoms with Gasteiger partial charge in [-0.25, -0.2) is 0 Å². The van der Waals surface area contributed by atoms with Crippen molar-refractivity contribution in [2.24, 2.45) is 0 Å². The van der Waals surface area contributed by atoms with E-state index in [1.807, 2.05) is 30.3 Å². The van der Waals surface area contributed by atoms with Crippen LogP contribution >= 0.6 is 11.5 Å². The van der Waals surface area contributed by atoms with Crippen molar-refractivity contribution >= 4 is 28.2 Å². The van der Waals surface area contributed by atoms with Gasteiger partial charge in [0, 0.05) is 17.1 Å². The summed E-state index contributed by atoms with van der Waals surface area (Å²) in [7, 11) is 0. The van der Waals surface area contributed by atoms with Crippen molar-refractivity contribution in [2.75, 3.05) is 0 Å². The van der Waals surface area contributed by atoms with Crippen molar-refractivity contribution in [2.45, 2.75) is 6.92 Å². The highest BCUT2D eigenvalue weighted by molar-refractivity contribution is 7.08. The van der Waals surface area contributed by atoms with Gasteiger partial charge in [-0.1, -0.05) is 22.7 Å². The van der Waals surface area contributed by atoms with Gasteiger partial charge in [-0.05, 0) is 30.6 Å². The second-order valence-electron chi connectivity index (χ2n) is 3.93. The zero-order valence-electron chi connectivity index (χ0n) is 9.62. The van der Waals surface area contributed by atoms with Gasteiger partial charge in [-0.15, -0.1) is 5.10 Å². The summed E-state index contributed by atoms with van der Waals surface area (Å²) in [5.74, 6) is -0.0687. The number of aromatic nitrogens is 3. The zero-order valence-corrected chi connectivity index (χ0v) is 10.4. The molecule has 0 aliphatic rings. The second-order valence-corrected chi connectivity index (χ2v) is 4.69. The lowest BCUT2D eigenvalue weighted by atomic mass is 10.1. The van der Waals surface area contributed by atoms with E-state index in [-0.39, 0.29) is 5.78 Å². The lowest BCUT2D eigenvalue weighted by Crippen LogP contribution is -2.01. The minimum atomic E-state index is -0.0687. The predicted molar refractivity (Wildman–Crippen MR) is 69.8 cm³/mol. The van der Waals surface area contributed by atoms with E-state index in [0.29, 0.717) is 16.1 Å². The van der Waals surface area contributed by atoms with Crippen LogP contribution in [0.5, 0.6) is 0 Å². The molecule has 3 aromatic rings. The fourth-order valence-corrected chi connectivity index (χ4v) is 2.38. The molecule has 1 aromatic carbocycles. The number of carbonyl (C=O) groups excluding carboxylic acids is 1. The SMILES string of the molecule is Cc1nnsc1C(=O)c1cnc2ccccc2c1. The number of aryl methyl sites for hydroxylation is 1. The van der Waals surface area contributed by atoms with E-state index >= 15 is 0 Å². The smallest absolute Gasteiger partial charge is 0.208 e. The number of rotatable bonds is 2. The molecule has 0 unspecified atom stereocenters. The molecule has 0 atom stereocenters. The third-order valence-electron chi connectivity index (χ3n) is 2.71. The Labute approximate surface area is 107 Å². The van der Waals surface area contributed by atoms with Crippen LogP contribution in [0, 0.1) is 6.92 Å². The molecule has 0 fully saturated rings. The summed E-state index contributed by atoms with van der Waals surface area (Å²) in [6, 6.07) is 9.57. The van der Waals surface area contributed by atoms with Crippen LogP contribution in [0.1, 0.15) is 20.9 Å². The Morgan fingerprint density at radius 3 is 2.89 bits per heavy atom. The molecule has 3 rings (SSSR count). The van der Waals surface area contributed by atoms with Gasteiger partial charge in [0.05, 0.1) is 11.2 Å². The molecule has 0 saturated carbocycles. The molecule has 0 amide bonds. The van der Waals surface area contributed by atoms with Gasteiger partial charge in [0.25, 0.3) is 0 Å². The van der Waals surface area contributed by atoms with Crippen LogP contribution in [-0.4, -0.2) is 20.4 Å². The number of ketones is 1. The van der Waals surface area contributed by atoms with Crippen molar-refractivity contribution in [1.82, 2.24) is 14.6 Å². The number of benzene rings is 1. The minimum absolute atomic E-state index is 0.0687. The van der Waals surface area contributed by atoms with Crippen molar-refractivity contribution in [1.29, 1.82) is 0 Å². The van der Waals surface area contributed by atoms with E-state index in [9.17, 15) is 4.79 Å². The Bertz CT molecular complexity index is 736. The highest BCUT2D eigenvalue weighted by atomic mass is 32.1. The summed E-state index contributed by atoms with van der Waals surface area (Å²) in [6.45, 7) is 1.78. The summed E-state index contributed by atoms with van der Waals surface area (Å²) in [5.41, 5.74) is 2.12. The quantitative estimate of drug-likeness (QED) is 0.660. The zero-order chi connectivity index (χ0) is 12.5. The van der Waals surface area contributed by atoms with Crippen molar-refractivity contribution < 1.29 is 4.79 Å². The van der Waals surface area contributed by atoms with Crippen molar-refractivity contribution in [3.63, 3.8) is 0 Å². The Kier molecular flexibility index (Phi) is 2.60. The average Bonchev–Trinajstić information content (AvgIpc) is 2.83. The molecule has 5 heteroatoms. The first-order valence-electron chi connectivity index (χ1n) is 5.44. The molecule has 0 radical (unpaired) electrons. The summed E-state index contributed by atoms with van der Waals surface area (Å²) < 4.78 is 3.78. The summed E-state index contributed by atoms with van der Waals surface area (Å²) in [4.78, 5) is 17.1. The maximum absolute atomic E-state index is 12.3. The summed E-state index contributed by atoms with van der Waals surface area (Å²) >= 11 is 1.12. The van der Waals surface area contributed by atoms with E-state index < -0.39 is 0 Å². The molecule has 0 spiro atoms. The molecular formula is C13H9N3OS. The van der Waals surface area contributed by atoms with E-state index in [4.69, 9.17) is 0 Å². The number of hydrogen-bond acceptors (Lipinski definition) is 5. The lowest BCUT2D eigenvalue weighted by Gasteiger charge is -2.01. The summed E-state index contributed by atoms with van der Waals surface area (Å²) in [5, 5.41) is 4.81. The average molecular weight is 255 g/mol. The molecule has 2 aromatic heterocycles. The molecule has 4 nitrogen and oxygen atoms in total. The molecule has 0 saturated heterocycles. The number of nitrogens with zero attached hydrogens (tertiary/aromatic N) is 3. The minimum Gasteiger partial charge on any atom is -0.287 e. The maximum Gasteiger partial charge on any atom is 0.208 e. The van der Waals surface area contributed by atoms with Crippen LogP contribution in [0.15, 0.2) is 36.5 Å². The third kappa shape index (κ3) is 1.78. The largest absolute Gasteiger partial charge is 0.287 e. The van der Waals surface area contributed by atoms with Crippen LogP contribution in [0.25, 0.3) is 10.9 Å². The van der Waals surface area contributed by atoms with Gasteiger partial charge in [-0.3, -0.25) is 9.78 Å². The highest BCUT2D eigenvalue weighted by Crippen LogP contribution is 2.18. The molecule has 2 heterocycles. The predicted octanol–water partition coefficient (Wildman–Crippen LogP) is 2.63. The lowest BCUT2D eigenvalue weighted by molar-refractivity contribution is 0.104. The molecule has 0 aliphatic heterocycles. The Morgan fingerprint density at radius 1 is 1.28 bits per heavy atom. The van der Waals surface area contributed by atoms with Gasteiger partial charge >= 0.3 is 0 Å². The van der Waals surface area contributed by atoms with Crippen molar-refractivity contribution in [3.05, 3.63) is 52.7 Å². The van der Waals surface area contributed by atoms with Crippen LogP contribution in [0.3, 0.4) is 0 Å². The second kappa shape index (κ2) is 4.27. The number of hydrogen-bond donors (Lipinski definition) is 0. The standard InChI is InChI=1S/C13H9N3OS/c1-8-13(18-16-15-8)12(17)10-6-9-4-2-3-5-11(9)14-7-10/h2-7H,1H3. The number of fused-ring (bicyclic) bond motifs is 1. The fourth-order valence-electron chi connectivity index (χ4n) is 1.77. The third-order valence-corrected chi connectivity index (χ3v) is 3.54. The fraction of sp³-hybridized carbons (Fsp3) is 0.0769. The van der Waals surface area contributed by atoms with Gasteiger partial charge in [0.15, 0.2) is 0 Å². The molecule has 0 N–H and O–H groups in total. The number of para-hydroxylation sites is 1. The van der Waals surface area contributed by atoms with Gasteiger partial charge in [0.1, 0.15) is 4.88 Å². The van der Waals surface area contributed by atoms with Gasteiger partial charge in [0.2, 0.25) is 5.78 Å². The molecule has 0 bridgehead atoms. The van der Waals surface area contributed by atoms with Gasteiger partial charge in [-0.2, -0.15) is 0 Å². The topological polar surface area (TPSA) is 55.7 Å². The van der Waals surface area contributed by atoms with Crippen LogP contribution in [0.4, 0.5) is 0 Å². The molecule has 88 valence electrons. The highest BCUT2D eigenvalue weighted by Gasteiger charge is 2.16. The van der Waals surface area contributed by atoms with Gasteiger partial charge < -0.3 is 0 Å². The van der Waals surface area contributed by atoms with E-state index in [1.165, 1.54) is 0 Å². The number of carbonyl (C=O) groups is 1. The Hall–Kier alpha value is -2.14. The Balaban J connectivity index is 2.10. The van der Waals surface area contributed by atoms with E-state index in [1.54, 1.807) is 13.1 Å². The van der Waals surface area contributed by atoms with E-state index in [0.717, 1.165) is 22.4 Å². The first-order valence-corrected chi connectivity index (χ1v) is 6.21. The maximum atomic E-state index is 12.3. The molecular weight excluding hydrogens is 246 g/mol. The van der Waals surface area contributed by atoms with Crippen LogP contribution in [0.2, 0.25) is 0 Å². The number of pyridine rings is 1. The monoisotopic (exact) mass is 255 g/mol. The van der Waals surface area contributed by atoms with Crippen molar-refractivity contribution in [3.8, 4) is 0 Å². The Morgan fingerprint density at radius 2 is 2.11 bits per heavy atom. The first kappa shape index (κ1) is 11.0.